The predicted molar refractivity (Wildman–Crippen MR) is 66.5 cm³/mol. The van der Waals surface area contributed by atoms with Crippen molar-refractivity contribution in [1.29, 1.82) is 0 Å². The lowest BCUT2D eigenvalue weighted by Crippen LogP contribution is -2.31. The second-order valence-corrected chi connectivity index (χ2v) is 4.81. The maximum atomic E-state index is 10.6. The summed E-state index contributed by atoms with van der Waals surface area (Å²) in [6.07, 6.45) is 9.29. The largest absolute Gasteiger partial charge is 0.476 e. The fourth-order valence-corrected chi connectivity index (χ4v) is 2.37. The minimum absolute atomic E-state index is 0.00414. The molecule has 2 rings (SSSR count). The monoisotopic (exact) mass is 252 g/mol. The highest BCUT2D eigenvalue weighted by atomic mass is 16.4. The summed E-state index contributed by atoms with van der Waals surface area (Å²) in [7, 11) is 0. The van der Waals surface area contributed by atoms with Crippen molar-refractivity contribution in [3.8, 4) is 0 Å². The molecule has 18 heavy (non-hydrogen) atoms. The maximum Gasteiger partial charge on any atom is 0.358 e. The van der Waals surface area contributed by atoms with Crippen LogP contribution in [-0.2, 0) is 6.54 Å². The van der Waals surface area contributed by atoms with Gasteiger partial charge >= 0.3 is 5.97 Å². The lowest BCUT2D eigenvalue weighted by Gasteiger charge is -2.15. The fraction of sp³-hybridized carbons (Fsp3) is 0.750. The number of rotatable bonds is 5. The molecule has 1 aliphatic carbocycles. The molecule has 0 saturated heterocycles. The smallest absolute Gasteiger partial charge is 0.358 e. The van der Waals surface area contributed by atoms with E-state index in [0.717, 1.165) is 6.54 Å². The molecule has 6 nitrogen and oxygen atoms in total. The van der Waals surface area contributed by atoms with Crippen LogP contribution in [0.3, 0.4) is 0 Å². The van der Waals surface area contributed by atoms with Crippen molar-refractivity contribution in [3.63, 3.8) is 0 Å². The highest BCUT2D eigenvalue weighted by Crippen LogP contribution is 2.16. The number of nitrogens with zero attached hydrogens (tertiary/aromatic N) is 3. The van der Waals surface area contributed by atoms with E-state index in [1.54, 1.807) is 4.68 Å². The molecule has 0 aromatic carbocycles. The predicted octanol–water partition coefficient (Wildman–Crippen LogP) is 1.29. The van der Waals surface area contributed by atoms with Crippen LogP contribution in [0.5, 0.6) is 0 Å². The summed E-state index contributed by atoms with van der Waals surface area (Å²) >= 11 is 0. The van der Waals surface area contributed by atoms with Gasteiger partial charge in [0.2, 0.25) is 0 Å². The van der Waals surface area contributed by atoms with E-state index in [2.05, 4.69) is 15.6 Å². The first-order valence-corrected chi connectivity index (χ1v) is 6.62. The third-order valence-corrected chi connectivity index (χ3v) is 3.39. The van der Waals surface area contributed by atoms with Crippen molar-refractivity contribution in [2.75, 3.05) is 6.54 Å². The summed E-state index contributed by atoms with van der Waals surface area (Å²) in [5.41, 5.74) is 0.00414. The van der Waals surface area contributed by atoms with Gasteiger partial charge in [0.1, 0.15) is 0 Å². The van der Waals surface area contributed by atoms with Gasteiger partial charge in [-0.2, -0.15) is 0 Å². The summed E-state index contributed by atoms with van der Waals surface area (Å²) in [6, 6.07) is 0.606. The maximum absolute atomic E-state index is 10.6. The Hall–Kier alpha value is -1.43. The van der Waals surface area contributed by atoms with Gasteiger partial charge in [0.05, 0.1) is 12.7 Å². The Balaban J connectivity index is 1.72. The number of carbonyl (C=O) groups is 1. The van der Waals surface area contributed by atoms with Gasteiger partial charge in [-0.15, -0.1) is 5.10 Å². The third kappa shape index (κ3) is 3.80. The van der Waals surface area contributed by atoms with Crippen LogP contribution >= 0.6 is 0 Å². The van der Waals surface area contributed by atoms with Crippen molar-refractivity contribution < 1.29 is 9.90 Å². The van der Waals surface area contributed by atoms with Gasteiger partial charge in [-0.3, -0.25) is 4.68 Å². The molecule has 6 heteroatoms. The number of nitrogens with one attached hydrogen (secondary N) is 1. The topological polar surface area (TPSA) is 80.0 Å². The van der Waals surface area contributed by atoms with E-state index in [9.17, 15) is 4.79 Å². The SMILES string of the molecule is O=C(O)c1cn(CCNC2CCCCCC2)nn1. The molecule has 0 bridgehead atoms. The molecule has 0 aliphatic heterocycles. The van der Waals surface area contributed by atoms with Gasteiger partial charge < -0.3 is 10.4 Å². The van der Waals surface area contributed by atoms with E-state index in [4.69, 9.17) is 5.11 Å². The van der Waals surface area contributed by atoms with Crippen molar-refractivity contribution in [3.05, 3.63) is 11.9 Å². The lowest BCUT2D eigenvalue weighted by molar-refractivity contribution is 0.0690. The molecule has 1 aliphatic rings. The molecule has 0 amide bonds. The summed E-state index contributed by atoms with van der Waals surface area (Å²) in [4.78, 5) is 10.6. The number of carboxylic acid groups (broad SMARTS) is 1. The summed E-state index contributed by atoms with van der Waals surface area (Å²) in [5, 5.41) is 19.6. The fourth-order valence-electron chi connectivity index (χ4n) is 2.37. The van der Waals surface area contributed by atoms with E-state index >= 15 is 0 Å². The number of carboxylic acids is 1. The second-order valence-electron chi connectivity index (χ2n) is 4.81. The zero-order valence-electron chi connectivity index (χ0n) is 10.5. The molecule has 0 atom stereocenters. The van der Waals surface area contributed by atoms with Crippen LogP contribution in [0.1, 0.15) is 49.0 Å². The van der Waals surface area contributed by atoms with E-state index in [-0.39, 0.29) is 5.69 Å². The quantitative estimate of drug-likeness (QED) is 0.772. The zero-order chi connectivity index (χ0) is 12.8. The van der Waals surface area contributed by atoms with Crippen molar-refractivity contribution in [1.82, 2.24) is 20.3 Å². The van der Waals surface area contributed by atoms with E-state index in [0.29, 0.717) is 12.6 Å². The Labute approximate surface area is 106 Å². The molecule has 1 heterocycles. The van der Waals surface area contributed by atoms with Crippen LogP contribution in [0.25, 0.3) is 0 Å². The normalized spacial score (nSPS) is 17.6. The van der Waals surface area contributed by atoms with Gasteiger partial charge in [0.25, 0.3) is 0 Å². The molecule has 2 N–H and O–H groups in total. The van der Waals surface area contributed by atoms with Crippen LogP contribution in [-0.4, -0.2) is 38.7 Å². The van der Waals surface area contributed by atoms with E-state index < -0.39 is 5.97 Å². The Morgan fingerprint density at radius 3 is 2.72 bits per heavy atom. The van der Waals surface area contributed by atoms with Gasteiger partial charge in [0, 0.05) is 12.6 Å². The molecule has 100 valence electrons. The van der Waals surface area contributed by atoms with Crippen LogP contribution < -0.4 is 5.32 Å². The second kappa shape index (κ2) is 6.49. The van der Waals surface area contributed by atoms with Crippen LogP contribution in [0.2, 0.25) is 0 Å². The minimum Gasteiger partial charge on any atom is -0.476 e. The minimum atomic E-state index is -1.03. The molecule has 1 aromatic heterocycles. The summed E-state index contributed by atoms with van der Waals surface area (Å²) in [6.45, 7) is 1.48. The Bertz CT molecular complexity index is 383. The van der Waals surface area contributed by atoms with Crippen LogP contribution in [0.15, 0.2) is 6.20 Å². The standard InChI is InChI=1S/C12H20N4O2/c17-12(18)11-9-16(15-14-11)8-7-13-10-5-3-1-2-4-6-10/h9-10,13H,1-8H2,(H,17,18). The molecule has 1 aromatic rings. The first-order valence-electron chi connectivity index (χ1n) is 6.62. The number of aromatic nitrogens is 3. The molecule has 1 saturated carbocycles. The molecular weight excluding hydrogens is 232 g/mol. The van der Waals surface area contributed by atoms with Gasteiger partial charge in [-0.25, -0.2) is 4.79 Å². The summed E-state index contributed by atoms with van der Waals surface area (Å²) in [5.74, 6) is -1.03. The Morgan fingerprint density at radius 2 is 2.11 bits per heavy atom. The molecular formula is C12H20N4O2. The molecule has 0 unspecified atom stereocenters. The lowest BCUT2D eigenvalue weighted by atomic mass is 10.1. The van der Waals surface area contributed by atoms with E-state index in [1.807, 2.05) is 0 Å². The van der Waals surface area contributed by atoms with Gasteiger partial charge in [-0.1, -0.05) is 30.9 Å². The number of hydrogen-bond acceptors (Lipinski definition) is 4. The Morgan fingerprint density at radius 1 is 1.39 bits per heavy atom. The number of hydrogen-bond donors (Lipinski definition) is 2. The van der Waals surface area contributed by atoms with Gasteiger partial charge in [-0.05, 0) is 12.8 Å². The molecule has 0 radical (unpaired) electrons. The van der Waals surface area contributed by atoms with Crippen LogP contribution in [0, 0.1) is 0 Å². The average Bonchev–Trinajstić information content (AvgIpc) is 2.67. The highest BCUT2D eigenvalue weighted by Gasteiger charge is 2.12. The zero-order valence-corrected chi connectivity index (χ0v) is 10.5. The third-order valence-electron chi connectivity index (χ3n) is 3.39. The van der Waals surface area contributed by atoms with Crippen molar-refractivity contribution in [2.24, 2.45) is 0 Å². The Kier molecular flexibility index (Phi) is 4.69. The first-order chi connectivity index (χ1) is 8.75. The van der Waals surface area contributed by atoms with Gasteiger partial charge in [0.15, 0.2) is 5.69 Å². The van der Waals surface area contributed by atoms with E-state index in [1.165, 1.54) is 44.7 Å². The van der Waals surface area contributed by atoms with Crippen LogP contribution in [0.4, 0.5) is 0 Å². The first kappa shape index (κ1) is 13.0. The summed E-state index contributed by atoms with van der Waals surface area (Å²) < 4.78 is 1.58. The molecule has 0 spiro atoms. The average molecular weight is 252 g/mol. The number of aromatic carboxylic acids is 1. The van der Waals surface area contributed by atoms with Crippen molar-refractivity contribution >= 4 is 5.97 Å². The highest BCUT2D eigenvalue weighted by molar-refractivity contribution is 5.84. The van der Waals surface area contributed by atoms with Crippen molar-refractivity contribution in [2.45, 2.75) is 51.1 Å². The molecule has 1 fully saturated rings.